The summed E-state index contributed by atoms with van der Waals surface area (Å²) in [6.45, 7) is 2.41. The Morgan fingerprint density at radius 2 is 2.43 bits per heavy atom. The highest BCUT2D eigenvalue weighted by molar-refractivity contribution is 7.09. The van der Waals surface area contributed by atoms with E-state index in [1.54, 1.807) is 22.2 Å². The summed E-state index contributed by atoms with van der Waals surface area (Å²) in [5.74, 6) is 0.499. The van der Waals surface area contributed by atoms with Gasteiger partial charge < -0.3 is 5.73 Å². The lowest BCUT2D eigenvalue weighted by molar-refractivity contribution is 0.686. The van der Waals surface area contributed by atoms with Crippen molar-refractivity contribution in [2.24, 2.45) is 0 Å². The van der Waals surface area contributed by atoms with Gasteiger partial charge in [0.2, 0.25) is 0 Å². The second-order valence-electron chi connectivity index (χ2n) is 2.87. The van der Waals surface area contributed by atoms with Gasteiger partial charge in [-0.15, -0.1) is 11.3 Å². The zero-order valence-electron chi connectivity index (χ0n) is 7.57. The maximum atomic E-state index is 5.91. The Labute approximate surface area is 90.3 Å². The number of nitrogens with zero attached hydrogens (tertiary/aromatic N) is 3. The molecule has 0 saturated carbocycles. The Kier molecular flexibility index (Phi) is 2.43. The average Bonchev–Trinajstić information content (AvgIpc) is 2.73. The van der Waals surface area contributed by atoms with Crippen LogP contribution < -0.4 is 5.73 Å². The van der Waals surface area contributed by atoms with E-state index in [9.17, 15) is 0 Å². The molecular formula is C8H9ClN4S. The lowest BCUT2D eigenvalue weighted by atomic mass is 10.5. The number of nitrogen functional groups attached to an aromatic ring is 1. The van der Waals surface area contributed by atoms with Crippen LogP contribution in [-0.4, -0.2) is 14.8 Å². The van der Waals surface area contributed by atoms with E-state index < -0.39 is 0 Å². The molecule has 2 rings (SSSR count). The zero-order valence-corrected chi connectivity index (χ0v) is 9.14. The number of hydrogen-bond donors (Lipinski definition) is 1. The number of nitrogens with two attached hydrogens (primary N) is 1. The van der Waals surface area contributed by atoms with E-state index >= 15 is 0 Å². The maximum Gasteiger partial charge on any atom is 0.141 e. The summed E-state index contributed by atoms with van der Waals surface area (Å²) in [4.78, 5) is 4.15. The first-order valence-corrected chi connectivity index (χ1v) is 5.31. The van der Waals surface area contributed by atoms with Gasteiger partial charge in [0.1, 0.15) is 15.8 Å². The van der Waals surface area contributed by atoms with Crippen LogP contribution in [0.2, 0.25) is 5.02 Å². The molecule has 0 spiro atoms. The second kappa shape index (κ2) is 3.59. The van der Waals surface area contributed by atoms with Gasteiger partial charge >= 0.3 is 0 Å². The highest BCUT2D eigenvalue weighted by atomic mass is 35.5. The average molecular weight is 229 g/mol. The van der Waals surface area contributed by atoms with Crippen molar-refractivity contribution in [2.45, 2.75) is 13.5 Å². The molecule has 0 atom stereocenters. The summed E-state index contributed by atoms with van der Waals surface area (Å²) >= 11 is 7.48. The molecule has 4 nitrogen and oxygen atoms in total. The monoisotopic (exact) mass is 228 g/mol. The van der Waals surface area contributed by atoms with Gasteiger partial charge in [-0.25, -0.2) is 9.67 Å². The van der Waals surface area contributed by atoms with Crippen LogP contribution in [-0.2, 0) is 6.54 Å². The van der Waals surface area contributed by atoms with Crippen molar-refractivity contribution in [3.8, 4) is 0 Å². The third-order valence-corrected chi connectivity index (χ3v) is 3.09. The first kappa shape index (κ1) is 9.48. The number of aromatic nitrogens is 3. The van der Waals surface area contributed by atoms with E-state index in [0.717, 1.165) is 10.7 Å². The summed E-state index contributed by atoms with van der Waals surface area (Å²) < 4.78 is 1.66. The van der Waals surface area contributed by atoms with Gasteiger partial charge in [-0.05, 0) is 6.92 Å². The standard InChI is InChI=1S/C8H9ClN4S/c1-5-7(9)8(10)13(12-5)4-6-11-2-3-14-6/h2-3H,4,10H2,1H3. The molecule has 0 aliphatic rings. The molecule has 6 heteroatoms. The predicted molar refractivity (Wildman–Crippen MR) is 57.6 cm³/mol. The van der Waals surface area contributed by atoms with Crippen molar-refractivity contribution in [3.63, 3.8) is 0 Å². The van der Waals surface area contributed by atoms with Gasteiger partial charge in [0, 0.05) is 11.6 Å². The van der Waals surface area contributed by atoms with Crippen molar-refractivity contribution in [1.29, 1.82) is 0 Å². The van der Waals surface area contributed by atoms with Gasteiger partial charge in [0.15, 0.2) is 0 Å². The summed E-state index contributed by atoms with van der Waals surface area (Å²) in [6, 6.07) is 0. The fourth-order valence-corrected chi connectivity index (χ4v) is 1.89. The van der Waals surface area contributed by atoms with Crippen molar-refractivity contribution < 1.29 is 0 Å². The number of hydrogen-bond acceptors (Lipinski definition) is 4. The molecule has 0 saturated heterocycles. The Hall–Kier alpha value is -1.07. The fourth-order valence-electron chi connectivity index (χ4n) is 1.16. The molecule has 0 aliphatic heterocycles. The van der Waals surface area contributed by atoms with Crippen molar-refractivity contribution >= 4 is 28.8 Å². The van der Waals surface area contributed by atoms with E-state index in [1.807, 2.05) is 12.3 Å². The number of anilines is 1. The molecule has 0 radical (unpaired) electrons. The van der Waals surface area contributed by atoms with E-state index in [2.05, 4.69) is 10.1 Å². The molecular weight excluding hydrogens is 220 g/mol. The van der Waals surface area contributed by atoms with Crippen LogP contribution in [0.15, 0.2) is 11.6 Å². The van der Waals surface area contributed by atoms with E-state index in [-0.39, 0.29) is 0 Å². The number of aryl methyl sites for hydroxylation is 1. The quantitative estimate of drug-likeness (QED) is 0.855. The highest BCUT2D eigenvalue weighted by Gasteiger charge is 2.10. The van der Waals surface area contributed by atoms with Crippen LogP contribution in [0.1, 0.15) is 10.7 Å². The minimum atomic E-state index is 0.499. The lowest BCUT2D eigenvalue weighted by Crippen LogP contribution is -2.05. The van der Waals surface area contributed by atoms with Gasteiger partial charge in [-0.1, -0.05) is 11.6 Å². The van der Waals surface area contributed by atoms with Gasteiger partial charge in [0.05, 0.1) is 12.2 Å². The number of thiazole rings is 1. The van der Waals surface area contributed by atoms with Crippen molar-refractivity contribution in [3.05, 3.63) is 27.3 Å². The van der Waals surface area contributed by atoms with Crippen LogP contribution in [0.4, 0.5) is 5.82 Å². The van der Waals surface area contributed by atoms with Crippen LogP contribution >= 0.6 is 22.9 Å². The summed E-state index contributed by atoms with van der Waals surface area (Å²) in [5, 5.41) is 7.63. The Morgan fingerprint density at radius 3 is 2.93 bits per heavy atom. The van der Waals surface area contributed by atoms with Crippen molar-refractivity contribution in [1.82, 2.24) is 14.8 Å². The lowest BCUT2D eigenvalue weighted by Gasteiger charge is -1.99. The van der Waals surface area contributed by atoms with Gasteiger partial charge in [0.25, 0.3) is 0 Å². The van der Waals surface area contributed by atoms with E-state index in [1.165, 1.54) is 0 Å². The van der Waals surface area contributed by atoms with Crippen LogP contribution in [0, 0.1) is 6.92 Å². The highest BCUT2D eigenvalue weighted by Crippen LogP contribution is 2.23. The SMILES string of the molecule is Cc1nn(Cc2nccs2)c(N)c1Cl. The molecule has 2 aromatic heterocycles. The first-order valence-electron chi connectivity index (χ1n) is 4.05. The van der Waals surface area contributed by atoms with Crippen LogP contribution in [0.3, 0.4) is 0 Å². The minimum Gasteiger partial charge on any atom is -0.383 e. The molecule has 0 aliphatic carbocycles. The molecule has 2 heterocycles. The zero-order chi connectivity index (χ0) is 10.1. The normalized spacial score (nSPS) is 10.7. The molecule has 0 bridgehead atoms. The topological polar surface area (TPSA) is 56.7 Å². The third kappa shape index (κ3) is 1.60. The number of rotatable bonds is 2. The molecule has 2 aromatic rings. The summed E-state index contributed by atoms with van der Waals surface area (Å²) in [7, 11) is 0. The van der Waals surface area contributed by atoms with Gasteiger partial charge in [-0.3, -0.25) is 0 Å². The smallest absolute Gasteiger partial charge is 0.141 e. The van der Waals surface area contributed by atoms with Crippen molar-refractivity contribution in [2.75, 3.05) is 5.73 Å². The second-order valence-corrected chi connectivity index (χ2v) is 4.23. The molecule has 0 amide bonds. The molecule has 74 valence electrons. The van der Waals surface area contributed by atoms with Crippen LogP contribution in [0.25, 0.3) is 0 Å². The first-order chi connectivity index (χ1) is 6.68. The summed E-state index contributed by atoms with van der Waals surface area (Å²) in [5.41, 5.74) is 6.52. The molecule has 0 unspecified atom stereocenters. The number of halogens is 1. The Morgan fingerprint density at radius 1 is 1.64 bits per heavy atom. The van der Waals surface area contributed by atoms with Crippen LogP contribution in [0.5, 0.6) is 0 Å². The molecule has 2 N–H and O–H groups in total. The Bertz CT molecular complexity index is 434. The van der Waals surface area contributed by atoms with Gasteiger partial charge in [-0.2, -0.15) is 5.10 Å². The van der Waals surface area contributed by atoms with E-state index in [4.69, 9.17) is 17.3 Å². The fraction of sp³-hybridized carbons (Fsp3) is 0.250. The van der Waals surface area contributed by atoms with E-state index in [0.29, 0.717) is 17.4 Å². The summed E-state index contributed by atoms with van der Waals surface area (Å²) in [6.07, 6.45) is 1.76. The maximum absolute atomic E-state index is 5.91. The minimum absolute atomic E-state index is 0.499. The predicted octanol–water partition coefficient (Wildman–Crippen LogP) is 1.93. The largest absolute Gasteiger partial charge is 0.383 e. The molecule has 0 aromatic carbocycles. The third-order valence-electron chi connectivity index (χ3n) is 1.86. The molecule has 0 fully saturated rings. The Balaban J connectivity index is 2.30. The molecule has 14 heavy (non-hydrogen) atoms.